The van der Waals surface area contributed by atoms with Crippen LogP contribution in [0.25, 0.3) is 0 Å². The number of hydrogen-bond acceptors (Lipinski definition) is 1. The van der Waals surface area contributed by atoms with Crippen molar-refractivity contribution >= 4 is 11.5 Å². The number of hydrogen-bond donors (Lipinski definition) is 0. The van der Waals surface area contributed by atoms with Crippen molar-refractivity contribution in [1.29, 1.82) is 0 Å². The van der Waals surface area contributed by atoms with E-state index in [1.54, 1.807) is 0 Å². The first-order chi connectivity index (χ1) is 11.8. The number of amidine groups is 1. The number of benzene rings is 3. The van der Waals surface area contributed by atoms with E-state index in [0.717, 1.165) is 24.6 Å². The van der Waals surface area contributed by atoms with Crippen molar-refractivity contribution in [3.8, 4) is 0 Å². The lowest BCUT2D eigenvalue weighted by Gasteiger charge is -2.25. The Labute approximate surface area is 144 Å². The van der Waals surface area contributed by atoms with Crippen LogP contribution in [-0.4, -0.2) is 10.7 Å². The Bertz CT molecular complexity index is 723. The van der Waals surface area contributed by atoms with Crippen molar-refractivity contribution in [1.82, 2.24) is 4.90 Å². The quantitative estimate of drug-likeness (QED) is 0.452. The first-order valence-corrected chi connectivity index (χ1v) is 8.24. The maximum Gasteiger partial charge on any atom is 0.102 e. The van der Waals surface area contributed by atoms with E-state index in [9.17, 15) is 0 Å². The van der Waals surface area contributed by atoms with Gasteiger partial charge in [-0.2, -0.15) is 0 Å². The summed E-state index contributed by atoms with van der Waals surface area (Å²) in [6.07, 6.45) is 0. The summed E-state index contributed by atoms with van der Waals surface area (Å²) < 4.78 is 0. The zero-order valence-electron chi connectivity index (χ0n) is 14.0. The van der Waals surface area contributed by atoms with Crippen molar-refractivity contribution in [2.24, 2.45) is 4.99 Å². The molecule has 0 saturated heterocycles. The van der Waals surface area contributed by atoms with E-state index in [1.165, 1.54) is 11.1 Å². The predicted octanol–water partition coefficient (Wildman–Crippen LogP) is 5.44. The van der Waals surface area contributed by atoms with Gasteiger partial charge in [0.1, 0.15) is 5.84 Å². The van der Waals surface area contributed by atoms with Gasteiger partial charge >= 0.3 is 0 Å². The SMILES string of the molecule is CC(=Nc1ccccc1)N(Cc1ccccc1)Cc1ccccc1. The zero-order chi connectivity index (χ0) is 16.6. The highest BCUT2D eigenvalue weighted by Gasteiger charge is 2.09. The molecular formula is C22H22N2. The molecule has 120 valence electrons. The van der Waals surface area contributed by atoms with E-state index in [2.05, 4.69) is 72.5 Å². The van der Waals surface area contributed by atoms with Gasteiger partial charge in [-0.1, -0.05) is 78.9 Å². The molecule has 0 saturated carbocycles. The number of rotatable bonds is 5. The van der Waals surface area contributed by atoms with E-state index >= 15 is 0 Å². The molecule has 3 rings (SSSR count). The minimum Gasteiger partial charge on any atom is -0.352 e. The van der Waals surface area contributed by atoms with Crippen molar-refractivity contribution in [2.45, 2.75) is 20.0 Å². The molecule has 2 heteroatoms. The van der Waals surface area contributed by atoms with Crippen LogP contribution in [0.15, 0.2) is 96.0 Å². The third-order valence-corrected chi connectivity index (χ3v) is 3.94. The van der Waals surface area contributed by atoms with Crippen LogP contribution < -0.4 is 0 Å². The largest absolute Gasteiger partial charge is 0.352 e. The first-order valence-electron chi connectivity index (χ1n) is 8.24. The van der Waals surface area contributed by atoms with Crippen LogP contribution in [-0.2, 0) is 13.1 Å². The van der Waals surface area contributed by atoms with E-state index in [4.69, 9.17) is 4.99 Å². The Morgan fingerprint density at radius 2 is 1.08 bits per heavy atom. The summed E-state index contributed by atoms with van der Waals surface area (Å²) in [5.41, 5.74) is 3.56. The van der Waals surface area contributed by atoms with Gasteiger partial charge in [-0.05, 0) is 30.2 Å². The van der Waals surface area contributed by atoms with Gasteiger partial charge in [-0.3, -0.25) is 0 Å². The molecule has 0 aliphatic rings. The Hall–Kier alpha value is -2.87. The molecular weight excluding hydrogens is 292 g/mol. The highest BCUT2D eigenvalue weighted by molar-refractivity contribution is 5.82. The van der Waals surface area contributed by atoms with Crippen LogP contribution in [0.4, 0.5) is 5.69 Å². The Kier molecular flexibility index (Phi) is 5.41. The fraction of sp³-hybridized carbons (Fsp3) is 0.136. The second-order valence-corrected chi connectivity index (χ2v) is 5.82. The van der Waals surface area contributed by atoms with Crippen LogP contribution >= 0.6 is 0 Å². The second-order valence-electron chi connectivity index (χ2n) is 5.82. The van der Waals surface area contributed by atoms with Gasteiger partial charge < -0.3 is 4.90 Å². The Morgan fingerprint density at radius 3 is 1.54 bits per heavy atom. The molecule has 0 amide bonds. The van der Waals surface area contributed by atoms with Gasteiger partial charge in [0, 0.05) is 13.1 Å². The monoisotopic (exact) mass is 314 g/mol. The standard InChI is InChI=1S/C22H22N2/c1-19(23-22-15-9-4-10-16-22)24(17-20-11-5-2-6-12-20)18-21-13-7-3-8-14-21/h2-16H,17-18H2,1H3. The molecule has 0 unspecified atom stereocenters. The third kappa shape index (κ3) is 4.56. The Morgan fingerprint density at radius 1 is 0.667 bits per heavy atom. The summed E-state index contributed by atoms with van der Waals surface area (Å²) in [6.45, 7) is 3.77. The van der Waals surface area contributed by atoms with Gasteiger partial charge in [-0.25, -0.2) is 4.99 Å². The van der Waals surface area contributed by atoms with Crippen LogP contribution in [0.2, 0.25) is 0 Å². The molecule has 0 bridgehead atoms. The lowest BCUT2D eigenvalue weighted by molar-refractivity contribution is 0.404. The smallest absolute Gasteiger partial charge is 0.102 e. The maximum atomic E-state index is 4.79. The normalized spacial score (nSPS) is 11.3. The van der Waals surface area contributed by atoms with Crippen LogP contribution in [0.5, 0.6) is 0 Å². The molecule has 0 heterocycles. The van der Waals surface area contributed by atoms with Gasteiger partial charge in [0.25, 0.3) is 0 Å². The number of nitrogens with zero attached hydrogens (tertiary/aromatic N) is 2. The molecule has 3 aromatic carbocycles. The first kappa shape index (κ1) is 16.0. The third-order valence-electron chi connectivity index (χ3n) is 3.94. The summed E-state index contributed by atoms with van der Waals surface area (Å²) >= 11 is 0. The van der Waals surface area contributed by atoms with Crippen LogP contribution in [0.1, 0.15) is 18.1 Å². The predicted molar refractivity (Wildman–Crippen MR) is 101 cm³/mol. The topological polar surface area (TPSA) is 15.6 Å². The van der Waals surface area contributed by atoms with E-state index < -0.39 is 0 Å². The van der Waals surface area contributed by atoms with E-state index in [-0.39, 0.29) is 0 Å². The second kappa shape index (κ2) is 8.11. The fourth-order valence-electron chi connectivity index (χ4n) is 2.65. The summed E-state index contributed by atoms with van der Waals surface area (Å²) in [5, 5.41) is 0. The maximum absolute atomic E-state index is 4.79. The highest BCUT2D eigenvalue weighted by atomic mass is 15.2. The summed E-state index contributed by atoms with van der Waals surface area (Å²) in [4.78, 5) is 7.11. The zero-order valence-corrected chi connectivity index (χ0v) is 14.0. The fourth-order valence-corrected chi connectivity index (χ4v) is 2.65. The van der Waals surface area contributed by atoms with E-state index in [0.29, 0.717) is 0 Å². The van der Waals surface area contributed by atoms with Crippen molar-refractivity contribution in [2.75, 3.05) is 0 Å². The number of para-hydroxylation sites is 1. The van der Waals surface area contributed by atoms with Gasteiger partial charge in [0.05, 0.1) is 5.69 Å². The lowest BCUT2D eigenvalue weighted by Crippen LogP contribution is -2.27. The summed E-state index contributed by atoms with van der Waals surface area (Å²) in [5.74, 6) is 1.02. The lowest BCUT2D eigenvalue weighted by atomic mass is 10.1. The molecule has 0 aliphatic heterocycles. The summed E-state index contributed by atoms with van der Waals surface area (Å²) in [7, 11) is 0. The molecule has 0 atom stereocenters. The van der Waals surface area contributed by atoms with Crippen LogP contribution in [0.3, 0.4) is 0 Å². The molecule has 0 aromatic heterocycles. The highest BCUT2D eigenvalue weighted by Crippen LogP contribution is 2.15. The van der Waals surface area contributed by atoms with Gasteiger partial charge in [0.2, 0.25) is 0 Å². The summed E-state index contributed by atoms with van der Waals surface area (Å²) in [6, 6.07) is 31.2. The van der Waals surface area contributed by atoms with Gasteiger partial charge in [0.15, 0.2) is 0 Å². The van der Waals surface area contributed by atoms with Crippen molar-refractivity contribution < 1.29 is 0 Å². The van der Waals surface area contributed by atoms with E-state index in [1.807, 2.05) is 30.3 Å². The molecule has 0 spiro atoms. The molecule has 2 nitrogen and oxygen atoms in total. The minimum atomic E-state index is 0.845. The molecule has 0 N–H and O–H groups in total. The average Bonchev–Trinajstić information content (AvgIpc) is 2.64. The Balaban J connectivity index is 1.84. The average molecular weight is 314 g/mol. The van der Waals surface area contributed by atoms with Gasteiger partial charge in [-0.15, -0.1) is 0 Å². The number of aliphatic imine (C=N–C) groups is 1. The molecule has 0 fully saturated rings. The minimum absolute atomic E-state index is 0.845. The molecule has 0 aliphatic carbocycles. The molecule has 3 aromatic rings. The molecule has 24 heavy (non-hydrogen) atoms. The van der Waals surface area contributed by atoms with Crippen molar-refractivity contribution in [3.63, 3.8) is 0 Å². The van der Waals surface area contributed by atoms with Crippen LogP contribution in [0, 0.1) is 0 Å². The molecule has 0 radical (unpaired) electrons. The van der Waals surface area contributed by atoms with Crippen molar-refractivity contribution in [3.05, 3.63) is 102 Å².